The standard InChI is InChI=1S/C14H26N2O4/c1-2-16(11-17)10-6-7-12(18)15-14(13(19)20)8-4-3-5-9-14/h17H,2-11H2,1H3,(H,15,18)(H,19,20). The summed E-state index contributed by atoms with van der Waals surface area (Å²) < 4.78 is 0. The van der Waals surface area contributed by atoms with Crippen molar-refractivity contribution in [3.63, 3.8) is 0 Å². The van der Waals surface area contributed by atoms with E-state index in [2.05, 4.69) is 5.32 Å². The van der Waals surface area contributed by atoms with E-state index in [-0.39, 0.29) is 12.6 Å². The van der Waals surface area contributed by atoms with Gasteiger partial charge in [-0.1, -0.05) is 26.2 Å². The molecule has 1 aliphatic carbocycles. The number of amides is 1. The molecule has 0 saturated heterocycles. The fourth-order valence-electron chi connectivity index (χ4n) is 2.67. The fourth-order valence-corrected chi connectivity index (χ4v) is 2.67. The molecule has 6 heteroatoms. The Kier molecular flexibility index (Phi) is 6.95. The molecule has 0 radical (unpaired) electrons. The van der Waals surface area contributed by atoms with Gasteiger partial charge in [0.05, 0.1) is 6.73 Å². The first kappa shape index (κ1) is 16.9. The minimum absolute atomic E-state index is 0.0167. The van der Waals surface area contributed by atoms with E-state index in [1.807, 2.05) is 11.8 Å². The van der Waals surface area contributed by atoms with E-state index in [0.717, 1.165) is 25.8 Å². The predicted molar refractivity (Wildman–Crippen MR) is 75.2 cm³/mol. The van der Waals surface area contributed by atoms with Crippen LogP contribution in [0.25, 0.3) is 0 Å². The Bertz CT molecular complexity index is 323. The zero-order chi connectivity index (χ0) is 15.0. The van der Waals surface area contributed by atoms with E-state index in [4.69, 9.17) is 5.11 Å². The van der Waals surface area contributed by atoms with Gasteiger partial charge in [-0.2, -0.15) is 0 Å². The summed E-state index contributed by atoms with van der Waals surface area (Å²) in [5, 5.41) is 21.1. The maximum atomic E-state index is 11.9. The summed E-state index contributed by atoms with van der Waals surface area (Å²) in [6.07, 6.45) is 4.69. The summed E-state index contributed by atoms with van der Waals surface area (Å²) in [7, 11) is 0. The number of hydrogen-bond donors (Lipinski definition) is 3. The van der Waals surface area contributed by atoms with Crippen molar-refractivity contribution in [3.05, 3.63) is 0 Å². The smallest absolute Gasteiger partial charge is 0.329 e. The molecule has 0 aromatic rings. The number of carboxylic acid groups (broad SMARTS) is 1. The Morgan fingerprint density at radius 3 is 2.40 bits per heavy atom. The lowest BCUT2D eigenvalue weighted by molar-refractivity contribution is -0.149. The van der Waals surface area contributed by atoms with Crippen LogP contribution in [0.5, 0.6) is 0 Å². The van der Waals surface area contributed by atoms with Crippen molar-refractivity contribution >= 4 is 11.9 Å². The van der Waals surface area contributed by atoms with E-state index >= 15 is 0 Å². The molecule has 0 aromatic heterocycles. The van der Waals surface area contributed by atoms with Crippen molar-refractivity contribution in [1.29, 1.82) is 0 Å². The molecule has 0 aliphatic heterocycles. The summed E-state index contributed by atoms with van der Waals surface area (Å²) in [6.45, 7) is 3.30. The molecule has 116 valence electrons. The zero-order valence-electron chi connectivity index (χ0n) is 12.2. The second-order valence-electron chi connectivity index (χ2n) is 5.45. The first-order valence-electron chi connectivity index (χ1n) is 7.41. The average molecular weight is 286 g/mol. The number of carbonyl (C=O) groups excluding carboxylic acids is 1. The maximum absolute atomic E-state index is 11.9. The largest absolute Gasteiger partial charge is 0.480 e. The Morgan fingerprint density at radius 2 is 1.90 bits per heavy atom. The number of carbonyl (C=O) groups is 2. The number of aliphatic hydroxyl groups excluding tert-OH is 1. The maximum Gasteiger partial charge on any atom is 0.329 e. The van der Waals surface area contributed by atoms with Gasteiger partial charge < -0.3 is 15.5 Å². The third kappa shape index (κ3) is 4.76. The van der Waals surface area contributed by atoms with Crippen LogP contribution < -0.4 is 5.32 Å². The van der Waals surface area contributed by atoms with Crippen LogP contribution in [-0.4, -0.2) is 52.3 Å². The summed E-state index contributed by atoms with van der Waals surface area (Å²) in [4.78, 5) is 25.2. The van der Waals surface area contributed by atoms with Crippen LogP contribution in [0.1, 0.15) is 51.9 Å². The lowest BCUT2D eigenvalue weighted by atomic mass is 9.81. The van der Waals surface area contributed by atoms with E-state index < -0.39 is 11.5 Å². The van der Waals surface area contributed by atoms with Crippen molar-refractivity contribution in [2.45, 2.75) is 57.4 Å². The third-order valence-corrected chi connectivity index (χ3v) is 4.02. The second-order valence-corrected chi connectivity index (χ2v) is 5.45. The Labute approximate surface area is 120 Å². The molecular formula is C14H26N2O4. The number of carboxylic acids is 1. The number of hydrogen-bond acceptors (Lipinski definition) is 4. The summed E-state index contributed by atoms with van der Waals surface area (Å²) >= 11 is 0. The Morgan fingerprint density at radius 1 is 1.25 bits per heavy atom. The predicted octanol–water partition coefficient (Wildman–Crippen LogP) is 0.942. The Balaban J connectivity index is 2.41. The van der Waals surface area contributed by atoms with Gasteiger partial charge in [0.15, 0.2) is 0 Å². The second kappa shape index (κ2) is 8.21. The molecule has 1 saturated carbocycles. The Hall–Kier alpha value is -1.14. The highest BCUT2D eigenvalue weighted by Crippen LogP contribution is 2.28. The molecule has 1 fully saturated rings. The van der Waals surface area contributed by atoms with Crippen molar-refractivity contribution < 1.29 is 19.8 Å². The highest BCUT2D eigenvalue weighted by Gasteiger charge is 2.40. The van der Waals surface area contributed by atoms with Gasteiger partial charge in [0.25, 0.3) is 0 Å². The lowest BCUT2D eigenvalue weighted by Crippen LogP contribution is -2.55. The van der Waals surface area contributed by atoms with Crippen LogP contribution in [0.15, 0.2) is 0 Å². The molecule has 0 heterocycles. The van der Waals surface area contributed by atoms with Crippen molar-refractivity contribution in [3.8, 4) is 0 Å². The van der Waals surface area contributed by atoms with Gasteiger partial charge in [-0.25, -0.2) is 4.79 Å². The van der Waals surface area contributed by atoms with Crippen LogP contribution >= 0.6 is 0 Å². The van der Waals surface area contributed by atoms with Gasteiger partial charge in [-0.3, -0.25) is 9.69 Å². The number of nitrogens with zero attached hydrogens (tertiary/aromatic N) is 1. The first-order valence-corrected chi connectivity index (χ1v) is 7.41. The third-order valence-electron chi connectivity index (χ3n) is 4.02. The molecule has 0 unspecified atom stereocenters. The quantitative estimate of drug-likeness (QED) is 0.578. The normalized spacial score (nSPS) is 17.9. The molecule has 0 spiro atoms. The van der Waals surface area contributed by atoms with Crippen LogP contribution in [0.2, 0.25) is 0 Å². The molecule has 3 N–H and O–H groups in total. The molecule has 6 nitrogen and oxygen atoms in total. The molecule has 0 bridgehead atoms. The van der Waals surface area contributed by atoms with E-state index in [1.54, 1.807) is 0 Å². The summed E-state index contributed by atoms with van der Waals surface area (Å²) in [5.74, 6) is -1.13. The zero-order valence-corrected chi connectivity index (χ0v) is 12.2. The van der Waals surface area contributed by atoms with Gasteiger partial charge in [0, 0.05) is 13.0 Å². The van der Waals surface area contributed by atoms with Gasteiger partial charge in [0.1, 0.15) is 5.54 Å². The van der Waals surface area contributed by atoms with Crippen molar-refractivity contribution in [1.82, 2.24) is 10.2 Å². The first-order chi connectivity index (χ1) is 9.54. The highest BCUT2D eigenvalue weighted by atomic mass is 16.4. The monoisotopic (exact) mass is 286 g/mol. The van der Waals surface area contributed by atoms with Gasteiger partial charge in [-0.05, 0) is 25.8 Å². The van der Waals surface area contributed by atoms with Crippen molar-refractivity contribution in [2.24, 2.45) is 0 Å². The highest BCUT2D eigenvalue weighted by molar-refractivity contribution is 5.87. The summed E-state index contributed by atoms with van der Waals surface area (Å²) in [6, 6.07) is 0. The van der Waals surface area contributed by atoms with Gasteiger partial charge in [0.2, 0.25) is 5.91 Å². The lowest BCUT2D eigenvalue weighted by Gasteiger charge is -2.34. The topological polar surface area (TPSA) is 89.9 Å². The minimum atomic E-state index is -1.06. The minimum Gasteiger partial charge on any atom is -0.480 e. The van der Waals surface area contributed by atoms with Gasteiger partial charge in [-0.15, -0.1) is 0 Å². The van der Waals surface area contributed by atoms with Gasteiger partial charge >= 0.3 is 5.97 Å². The molecule has 0 aromatic carbocycles. The van der Waals surface area contributed by atoms with Crippen LogP contribution in [0.4, 0.5) is 0 Å². The van der Waals surface area contributed by atoms with Crippen LogP contribution in [0.3, 0.4) is 0 Å². The van der Waals surface area contributed by atoms with E-state index in [1.165, 1.54) is 0 Å². The number of aliphatic carboxylic acids is 1. The SMILES string of the molecule is CCN(CO)CCCC(=O)NC1(C(=O)O)CCCCC1. The molecule has 0 atom stereocenters. The number of nitrogens with one attached hydrogen (secondary N) is 1. The average Bonchev–Trinajstić information content (AvgIpc) is 2.44. The molecule has 1 aliphatic rings. The summed E-state index contributed by atoms with van der Waals surface area (Å²) in [5.41, 5.74) is -1.06. The number of rotatable bonds is 8. The molecular weight excluding hydrogens is 260 g/mol. The molecule has 20 heavy (non-hydrogen) atoms. The van der Waals surface area contributed by atoms with Crippen molar-refractivity contribution in [2.75, 3.05) is 19.8 Å². The van der Waals surface area contributed by atoms with E-state index in [9.17, 15) is 14.7 Å². The fraction of sp³-hybridized carbons (Fsp3) is 0.857. The molecule has 1 amide bonds. The van der Waals surface area contributed by atoms with E-state index in [0.29, 0.717) is 32.2 Å². The van der Waals surface area contributed by atoms with Crippen LogP contribution in [-0.2, 0) is 9.59 Å². The molecule has 1 rings (SSSR count). The van der Waals surface area contributed by atoms with Crippen LogP contribution in [0, 0.1) is 0 Å². The number of aliphatic hydroxyl groups is 1.